The highest BCUT2D eigenvalue weighted by Gasteiger charge is 2.19. The van der Waals surface area contributed by atoms with Crippen molar-refractivity contribution in [3.8, 4) is 16.9 Å². The van der Waals surface area contributed by atoms with Crippen LogP contribution >= 0.6 is 0 Å². The summed E-state index contributed by atoms with van der Waals surface area (Å²) in [6.45, 7) is 3.00. The lowest BCUT2D eigenvalue weighted by atomic mass is 10.0. The Morgan fingerprint density at radius 3 is 2.74 bits per heavy atom. The Morgan fingerprint density at radius 2 is 1.97 bits per heavy atom. The van der Waals surface area contributed by atoms with Gasteiger partial charge in [0.2, 0.25) is 5.91 Å². The van der Waals surface area contributed by atoms with Crippen LogP contribution in [0.25, 0.3) is 22.2 Å². The number of nitrogens with one attached hydrogen (secondary N) is 1. The number of fused-ring (bicyclic) bond motifs is 1. The second-order valence-corrected chi connectivity index (χ2v) is 8.56. The second kappa shape index (κ2) is 9.32. The molecule has 35 heavy (non-hydrogen) atoms. The van der Waals surface area contributed by atoms with Crippen LogP contribution < -0.4 is 15.0 Å². The van der Waals surface area contributed by atoms with E-state index in [9.17, 15) is 13.6 Å². The van der Waals surface area contributed by atoms with Crippen molar-refractivity contribution in [1.29, 1.82) is 0 Å². The highest BCUT2D eigenvalue weighted by molar-refractivity contribution is 5.84. The molecule has 5 rings (SSSR count). The van der Waals surface area contributed by atoms with E-state index in [2.05, 4.69) is 15.3 Å². The smallest absolute Gasteiger partial charge is 0.387 e. The summed E-state index contributed by atoms with van der Waals surface area (Å²) in [6, 6.07) is 14.8. The van der Waals surface area contributed by atoms with E-state index in [1.54, 1.807) is 24.3 Å². The number of halogens is 2. The highest BCUT2D eigenvalue weighted by atomic mass is 19.3. The lowest BCUT2D eigenvalue weighted by Crippen LogP contribution is -2.48. The molecule has 2 aromatic heterocycles. The molecule has 0 saturated carbocycles. The SMILES string of the molecule is Cc1cc(N2CCNC(=O)C2)ncc1-c1ccc2nc(C)n(Cc3ccccc3OC(F)F)c2c1. The quantitative estimate of drug-likeness (QED) is 0.448. The number of amides is 1. The number of hydrogen-bond acceptors (Lipinski definition) is 5. The number of pyridine rings is 1. The summed E-state index contributed by atoms with van der Waals surface area (Å²) >= 11 is 0. The molecule has 0 bridgehead atoms. The van der Waals surface area contributed by atoms with Crippen LogP contribution in [-0.2, 0) is 11.3 Å². The Kier molecular flexibility index (Phi) is 6.07. The van der Waals surface area contributed by atoms with Crippen LogP contribution in [-0.4, -0.2) is 46.7 Å². The number of anilines is 1. The van der Waals surface area contributed by atoms with Gasteiger partial charge in [-0.1, -0.05) is 24.3 Å². The maximum Gasteiger partial charge on any atom is 0.387 e. The predicted octanol–water partition coefficient (Wildman–Crippen LogP) is 4.30. The first kappa shape index (κ1) is 22.8. The number of alkyl halides is 2. The third-order valence-electron chi connectivity index (χ3n) is 6.23. The zero-order valence-corrected chi connectivity index (χ0v) is 19.5. The molecule has 1 amide bonds. The van der Waals surface area contributed by atoms with Gasteiger partial charge in [0.25, 0.3) is 0 Å². The minimum Gasteiger partial charge on any atom is -0.434 e. The van der Waals surface area contributed by atoms with Gasteiger partial charge in [-0.3, -0.25) is 4.79 Å². The molecular weight excluding hydrogens is 452 g/mol. The minimum absolute atomic E-state index is 0.00520. The molecule has 1 N–H and O–H groups in total. The van der Waals surface area contributed by atoms with E-state index in [1.165, 1.54) is 0 Å². The van der Waals surface area contributed by atoms with Crippen LogP contribution in [0, 0.1) is 13.8 Å². The average Bonchev–Trinajstić information content (AvgIpc) is 3.14. The van der Waals surface area contributed by atoms with Gasteiger partial charge >= 0.3 is 6.61 Å². The van der Waals surface area contributed by atoms with Gasteiger partial charge in [-0.15, -0.1) is 0 Å². The maximum atomic E-state index is 12.9. The number of carbonyl (C=O) groups is 1. The number of piperazine rings is 1. The van der Waals surface area contributed by atoms with Crippen molar-refractivity contribution in [2.45, 2.75) is 27.0 Å². The van der Waals surface area contributed by atoms with Crippen LogP contribution in [0.2, 0.25) is 0 Å². The Balaban J connectivity index is 1.49. The van der Waals surface area contributed by atoms with Crippen molar-refractivity contribution in [3.05, 3.63) is 71.7 Å². The molecule has 0 atom stereocenters. The summed E-state index contributed by atoms with van der Waals surface area (Å²) in [5.41, 5.74) is 5.35. The number of aromatic nitrogens is 3. The molecule has 9 heteroatoms. The molecule has 3 heterocycles. The first-order valence-corrected chi connectivity index (χ1v) is 11.4. The number of para-hydroxylation sites is 1. The third-order valence-corrected chi connectivity index (χ3v) is 6.23. The highest BCUT2D eigenvalue weighted by Crippen LogP contribution is 2.30. The van der Waals surface area contributed by atoms with E-state index in [-0.39, 0.29) is 11.7 Å². The fraction of sp³-hybridized carbons (Fsp3) is 0.269. The van der Waals surface area contributed by atoms with Crippen molar-refractivity contribution < 1.29 is 18.3 Å². The summed E-state index contributed by atoms with van der Waals surface area (Å²) in [4.78, 5) is 23.0. The van der Waals surface area contributed by atoms with Gasteiger partial charge in [0, 0.05) is 30.4 Å². The monoisotopic (exact) mass is 477 g/mol. The van der Waals surface area contributed by atoms with Crippen molar-refractivity contribution in [2.75, 3.05) is 24.5 Å². The molecule has 1 saturated heterocycles. The molecular formula is C26H25F2N5O2. The Morgan fingerprint density at radius 1 is 1.14 bits per heavy atom. The van der Waals surface area contributed by atoms with Crippen molar-refractivity contribution >= 4 is 22.8 Å². The topological polar surface area (TPSA) is 72.3 Å². The molecule has 1 aliphatic rings. The molecule has 0 spiro atoms. The lowest BCUT2D eigenvalue weighted by molar-refractivity contribution is -0.120. The Bertz CT molecular complexity index is 1400. The van der Waals surface area contributed by atoms with E-state index in [0.717, 1.165) is 45.9 Å². The zero-order valence-electron chi connectivity index (χ0n) is 19.5. The van der Waals surface area contributed by atoms with Gasteiger partial charge in [0.05, 0.1) is 24.1 Å². The fourth-order valence-electron chi connectivity index (χ4n) is 4.48. The van der Waals surface area contributed by atoms with Gasteiger partial charge in [-0.25, -0.2) is 9.97 Å². The normalized spacial score (nSPS) is 14.0. The molecule has 4 aromatic rings. The molecule has 2 aromatic carbocycles. The molecule has 0 aliphatic carbocycles. The third kappa shape index (κ3) is 4.66. The zero-order chi connectivity index (χ0) is 24.5. The summed E-state index contributed by atoms with van der Waals surface area (Å²) in [5, 5.41) is 2.83. The number of carbonyl (C=O) groups excluding carboxylic acids is 1. The van der Waals surface area contributed by atoms with Crippen LogP contribution in [0.15, 0.2) is 54.7 Å². The fourth-order valence-corrected chi connectivity index (χ4v) is 4.48. The van der Waals surface area contributed by atoms with Crippen LogP contribution in [0.3, 0.4) is 0 Å². The number of rotatable bonds is 6. The van der Waals surface area contributed by atoms with Gasteiger partial charge in [-0.2, -0.15) is 8.78 Å². The number of benzene rings is 2. The first-order chi connectivity index (χ1) is 16.9. The summed E-state index contributed by atoms with van der Waals surface area (Å²) in [6.07, 6.45) is 1.83. The van der Waals surface area contributed by atoms with Gasteiger partial charge in [0.15, 0.2) is 0 Å². The van der Waals surface area contributed by atoms with Gasteiger partial charge in [0.1, 0.15) is 17.4 Å². The number of ether oxygens (including phenoxy) is 1. The van der Waals surface area contributed by atoms with E-state index in [1.807, 2.05) is 53.8 Å². The van der Waals surface area contributed by atoms with Crippen molar-refractivity contribution in [3.63, 3.8) is 0 Å². The molecule has 0 unspecified atom stereocenters. The minimum atomic E-state index is -2.89. The predicted molar refractivity (Wildman–Crippen MR) is 130 cm³/mol. The van der Waals surface area contributed by atoms with Crippen LogP contribution in [0.4, 0.5) is 14.6 Å². The summed E-state index contributed by atoms with van der Waals surface area (Å²) in [5.74, 6) is 1.70. The Labute approximate surface area is 201 Å². The molecule has 7 nitrogen and oxygen atoms in total. The molecule has 1 fully saturated rings. The second-order valence-electron chi connectivity index (χ2n) is 8.56. The van der Waals surface area contributed by atoms with Crippen molar-refractivity contribution in [1.82, 2.24) is 19.9 Å². The number of nitrogens with zero attached hydrogens (tertiary/aromatic N) is 4. The number of imidazole rings is 1. The Hall–Kier alpha value is -4.01. The van der Waals surface area contributed by atoms with Crippen LogP contribution in [0.5, 0.6) is 5.75 Å². The largest absolute Gasteiger partial charge is 0.434 e. The van der Waals surface area contributed by atoms with E-state index >= 15 is 0 Å². The standard InChI is InChI=1S/C26H25F2N5O2/c1-16-11-24(32-10-9-29-25(34)15-32)30-13-20(16)18-7-8-21-22(12-18)33(17(2)31-21)14-19-5-3-4-6-23(19)35-26(27)28/h3-8,11-13,26H,9-10,14-15H2,1-2H3,(H,29,34). The van der Waals surface area contributed by atoms with E-state index in [0.29, 0.717) is 25.2 Å². The molecule has 0 radical (unpaired) electrons. The van der Waals surface area contributed by atoms with Gasteiger partial charge < -0.3 is 19.5 Å². The maximum absolute atomic E-state index is 12.9. The molecule has 180 valence electrons. The average molecular weight is 478 g/mol. The summed E-state index contributed by atoms with van der Waals surface area (Å²) < 4.78 is 32.5. The van der Waals surface area contributed by atoms with Crippen LogP contribution in [0.1, 0.15) is 17.0 Å². The van der Waals surface area contributed by atoms with E-state index < -0.39 is 6.61 Å². The van der Waals surface area contributed by atoms with Gasteiger partial charge in [-0.05, 0) is 49.2 Å². The number of aryl methyl sites for hydroxylation is 2. The number of hydrogen-bond donors (Lipinski definition) is 1. The molecule has 1 aliphatic heterocycles. The summed E-state index contributed by atoms with van der Waals surface area (Å²) in [7, 11) is 0. The lowest BCUT2D eigenvalue weighted by Gasteiger charge is -2.28. The van der Waals surface area contributed by atoms with E-state index in [4.69, 9.17) is 4.74 Å². The first-order valence-electron chi connectivity index (χ1n) is 11.4. The van der Waals surface area contributed by atoms with Crippen molar-refractivity contribution in [2.24, 2.45) is 0 Å².